The highest BCUT2D eigenvalue weighted by molar-refractivity contribution is 6.01. The number of ether oxygens (including phenoxy) is 1. The normalized spacial score (nSPS) is 16.4. The van der Waals surface area contributed by atoms with Gasteiger partial charge in [0.25, 0.3) is 5.91 Å². The van der Waals surface area contributed by atoms with Gasteiger partial charge >= 0.3 is 0 Å². The zero-order valence-corrected chi connectivity index (χ0v) is 14.8. The van der Waals surface area contributed by atoms with Crippen molar-refractivity contribution in [2.45, 2.75) is 46.8 Å². The lowest BCUT2D eigenvalue weighted by molar-refractivity contribution is -0.125. The highest BCUT2D eigenvalue weighted by Gasteiger charge is 2.33. The van der Waals surface area contributed by atoms with Crippen LogP contribution in [-0.2, 0) is 16.1 Å². The first-order valence-corrected chi connectivity index (χ1v) is 8.24. The monoisotopic (exact) mass is 343 g/mol. The molecule has 0 fully saturated rings. The molecule has 7 nitrogen and oxygen atoms in total. The fourth-order valence-electron chi connectivity index (χ4n) is 2.78. The van der Waals surface area contributed by atoms with Crippen molar-refractivity contribution in [3.05, 3.63) is 35.2 Å². The van der Waals surface area contributed by atoms with E-state index in [9.17, 15) is 9.59 Å². The molecule has 2 heterocycles. The molecule has 25 heavy (non-hydrogen) atoms. The third-order valence-corrected chi connectivity index (χ3v) is 4.27. The molecule has 1 aromatic heterocycles. The summed E-state index contributed by atoms with van der Waals surface area (Å²) < 4.78 is 10.9. The summed E-state index contributed by atoms with van der Waals surface area (Å²) in [6, 6.07) is 5.29. The van der Waals surface area contributed by atoms with E-state index < -0.39 is 6.10 Å². The number of rotatable bonds is 4. The van der Waals surface area contributed by atoms with Crippen LogP contribution in [0.25, 0.3) is 0 Å². The lowest BCUT2D eigenvalue weighted by Gasteiger charge is -2.33. The lowest BCUT2D eigenvalue weighted by atomic mass is 10.1. The van der Waals surface area contributed by atoms with Crippen LogP contribution in [0.4, 0.5) is 11.4 Å². The number of anilines is 2. The molecule has 132 valence electrons. The summed E-state index contributed by atoms with van der Waals surface area (Å²) in [5.41, 5.74) is 2.87. The summed E-state index contributed by atoms with van der Waals surface area (Å²) in [6.45, 7) is 7.51. The molecule has 3 rings (SSSR count). The molecule has 0 saturated heterocycles. The number of carbonyl (C=O) groups is 2. The number of amides is 2. The van der Waals surface area contributed by atoms with E-state index >= 15 is 0 Å². The number of aromatic nitrogens is 1. The molecular formula is C18H21N3O4. The Labute approximate surface area is 145 Å². The Morgan fingerprint density at radius 2 is 2.12 bits per heavy atom. The van der Waals surface area contributed by atoms with Crippen molar-refractivity contribution in [2.24, 2.45) is 0 Å². The van der Waals surface area contributed by atoms with Gasteiger partial charge in [-0.1, -0.05) is 12.1 Å². The molecule has 1 atom stereocenters. The van der Waals surface area contributed by atoms with Gasteiger partial charge in [-0.15, -0.1) is 0 Å². The Hall–Kier alpha value is -2.83. The Morgan fingerprint density at radius 1 is 1.36 bits per heavy atom. The number of nitrogens with zero attached hydrogens (tertiary/aromatic N) is 2. The van der Waals surface area contributed by atoms with E-state index in [1.54, 1.807) is 36.9 Å². The van der Waals surface area contributed by atoms with Gasteiger partial charge in [0.15, 0.2) is 6.10 Å². The van der Waals surface area contributed by atoms with Gasteiger partial charge in [-0.2, -0.15) is 0 Å². The number of carbonyl (C=O) groups excluding carboxylic acids is 2. The molecule has 1 aromatic carbocycles. The van der Waals surface area contributed by atoms with Crippen LogP contribution in [0, 0.1) is 13.8 Å². The first-order valence-electron chi connectivity index (χ1n) is 8.24. The number of benzene rings is 1. The molecule has 0 spiro atoms. The second-order valence-corrected chi connectivity index (χ2v) is 6.07. The second kappa shape index (κ2) is 6.58. The third-order valence-electron chi connectivity index (χ3n) is 4.27. The Morgan fingerprint density at radius 3 is 2.76 bits per heavy atom. The number of hydrogen-bond donors (Lipinski definition) is 1. The summed E-state index contributed by atoms with van der Waals surface area (Å²) in [4.78, 5) is 26.0. The zero-order chi connectivity index (χ0) is 18.1. The largest absolute Gasteiger partial charge is 0.479 e. The Balaban J connectivity index is 1.99. The van der Waals surface area contributed by atoms with Gasteiger partial charge in [-0.05, 0) is 39.0 Å². The molecule has 2 aromatic rings. The first-order chi connectivity index (χ1) is 11.9. The van der Waals surface area contributed by atoms with E-state index in [0.717, 1.165) is 11.3 Å². The average molecular weight is 343 g/mol. The van der Waals surface area contributed by atoms with Gasteiger partial charge in [0, 0.05) is 17.7 Å². The SMILES string of the molecule is CCC(=O)Nc1ccc2c(c1)N(Cc1c(C)noc1C)C(=O)C(C)O2. The summed E-state index contributed by atoms with van der Waals surface area (Å²) >= 11 is 0. The van der Waals surface area contributed by atoms with Crippen LogP contribution in [0.15, 0.2) is 22.7 Å². The predicted molar refractivity (Wildman–Crippen MR) is 92.6 cm³/mol. The van der Waals surface area contributed by atoms with Crippen LogP contribution in [0.5, 0.6) is 5.75 Å². The van der Waals surface area contributed by atoms with E-state index in [0.29, 0.717) is 35.9 Å². The molecule has 1 aliphatic heterocycles. The number of aryl methyl sites for hydroxylation is 2. The summed E-state index contributed by atoms with van der Waals surface area (Å²) in [6.07, 6.45) is -0.198. The Bertz CT molecular complexity index is 808. The van der Waals surface area contributed by atoms with Crippen molar-refractivity contribution in [3.8, 4) is 5.75 Å². The molecule has 1 aliphatic rings. The van der Waals surface area contributed by atoms with Crippen molar-refractivity contribution in [1.82, 2.24) is 5.16 Å². The van der Waals surface area contributed by atoms with E-state index in [-0.39, 0.29) is 11.8 Å². The van der Waals surface area contributed by atoms with Crippen LogP contribution in [-0.4, -0.2) is 23.1 Å². The van der Waals surface area contributed by atoms with Crippen molar-refractivity contribution < 1.29 is 18.8 Å². The standard InChI is InChI=1S/C18H21N3O4/c1-5-17(22)19-13-6-7-16-15(8-13)21(18(23)12(4)24-16)9-14-10(2)20-25-11(14)3/h6-8,12H,5,9H2,1-4H3,(H,19,22). The molecule has 1 unspecified atom stereocenters. The van der Waals surface area contributed by atoms with Crippen LogP contribution < -0.4 is 15.0 Å². The molecule has 0 radical (unpaired) electrons. The van der Waals surface area contributed by atoms with Gasteiger partial charge in [0.2, 0.25) is 5.91 Å². The van der Waals surface area contributed by atoms with Crippen LogP contribution in [0.1, 0.15) is 37.3 Å². The molecule has 0 saturated carbocycles. The van der Waals surface area contributed by atoms with Crippen LogP contribution >= 0.6 is 0 Å². The summed E-state index contributed by atoms with van der Waals surface area (Å²) in [5, 5.41) is 6.76. The van der Waals surface area contributed by atoms with E-state index in [1.807, 2.05) is 13.8 Å². The molecule has 0 aliphatic carbocycles. The fourth-order valence-corrected chi connectivity index (χ4v) is 2.78. The number of hydrogen-bond acceptors (Lipinski definition) is 5. The summed E-state index contributed by atoms with van der Waals surface area (Å²) in [7, 11) is 0. The second-order valence-electron chi connectivity index (χ2n) is 6.07. The first kappa shape index (κ1) is 17.0. The summed E-state index contributed by atoms with van der Waals surface area (Å²) in [5.74, 6) is 1.05. The van der Waals surface area contributed by atoms with E-state index in [1.165, 1.54) is 0 Å². The molecule has 1 N–H and O–H groups in total. The van der Waals surface area contributed by atoms with Gasteiger partial charge < -0.3 is 19.5 Å². The molecule has 7 heteroatoms. The topological polar surface area (TPSA) is 84.7 Å². The van der Waals surface area contributed by atoms with Gasteiger partial charge in [-0.3, -0.25) is 9.59 Å². The number of nitrogens with one attached hydrogen (secondary N) is 1. The maximum Gasteiger partial charge on any atom is 0.268 e. The van der Waals surface area contributed by atoms with Gasteiger partial charge in [0.1, 0.15) is 11.5 Å². The minimum Gasteiger partial charge on any atom is -0.479 e. The van der Waals surface area contributed by atoms with Gasteiger partial charge in [0.05, 0.1) is 17.9 Å². The molecule has 2 amide bonds. The maximum absolute atomic E-state index is 12.7. The van der Waals surface area contributed by atoms with Crippen LogP contribution in [0.3, 0.4) is 0 Å². The van der Waals surface area contributed by atoms with Crippen molar-refractivity contribution in [2.75, 3.05) is 10.2 Å². The van der Waals surface area contributed by atoms with Crippen LogP contribution in [0.2, 0.25) is 0 Å². The van der Waals surface area contributed by atoms with E-state index in [4.69, 9.17) is 9.26 Å². The predicted octanol–water partition coefficient (Wildman–Crippen LogP) is 2.95. The number of fused-ring (bicyclic) bond motifs is 1. The molecular weight excluding hydrogens is 322 g/mol. The molecule has 0 bridgehead atoms. The third kappa shape index (κ3) is 3.22. The van der Waals surface area contributed by atoms with Crippen molar-refractivity contribution >= 4 is 23.2 Å². The quantitative estimate of drug-likeness (QED) is 0.922. The van der Waals surface area contributed by atoms with Crippen molar-refractivity contribution in [3.63, 3.8) is 0 Å². The minimum atomic E-state index is -0.580. The fraction of sp³-hybridized carbons (Fsp3) is 0.389. The zero-order valence-electron chi connectivity index (χ0n) is 14.8. The minimum absolute atomic E-state index is 0.0892. The van der Waals surface area contributed by atoms with Crippen molar-refractivity contribution in [1.29, 1.82) is 0 Å². The highest BCUT2D eigenvalue weighted by atomic mass is 16.5. The van der Waals surface area contributed by atoms with E-state index in [2.05, 4.69) is 10.5 Å². The van der Waals surface area contributed by atoms with Gasteiger partial charge in [-0.25, -0.2) is 0 Å². The maximum atomic E-state index is 12.7. The lowest BCUT2D eigenvalue weighted by Crippen LogP contribution is -2.44. The average Bonchev–Trinajstić information content (AvgIpc) is 2.90. The Kier molecular flexibility index (Phi) is 4.48. The smallest absolute Gasteiger partial charge is 0.268 e. The highest BCUT2D eigenvalue weighted by Crippen LogP contribution is 2.37.